The van der Waals surface area contributed by atoms with Crippen LogP contribution >= 0.6 is 11.8 Å². The van der Waals surface area contributed by atoms with E-state index in [9.17, 15) is 14.7 Å². The van der Waals surface area contributed by atoms with Crippen LogP contribution in [0.2, 0.25) is 0 Å². The zero-order valence-electron chi connectivity index (χ0n) is 13.0. The number of carbonyl (C=O) groups is 2. The SMILES string of the molecule is CSCC(C)N(C)C(=O)N1CCC(C(=O)O)(C(C)C)C1. The van der Waals surface area contributed by atoms with Crippen LogP contribution in [-0.4, -0.2) is 65.1 Å². The van der Waals surface area contributed by atoms with Gasteiger partial charge in [0.2, 0.25) is 0 Å². The lowest BCUT2D eigenvalue weighted by molar-refractivity contribution is -0.150. The first-order chi connectivity index (χ1) is 9.26. The highest BCUT2D eigenvalue weighted by molar-refractivity contribution is 7.98. The van der Waals surface area contributed by atoms with Crippen molar-refractivity contribution in [3.8, 4) is 0 Å². The van der Waals surface area contributed by atoms with Crippen molar-refractivity contribution in [2.75, 3.05) is 32.1 Å². The van der Waals surface area contributed by atoms with Crippen molar-refractivity contribution in [2.45, 2.75) is 33.2 Å². The number of thioether (sulfide) groups is 1. The molecule has 0 radical (unpaired) electrons. The number of carboxylic acids is 1. The van der Waals surface area contributed by atoms with E-state index < -0.39 is 11.4 Å². The van der Waals surface area contributed by atoms with E-state index in [-0.39, 0.29) is 18.0 Å². The zero-order valence-corrected chi connectivity index (χ0v) is 13.9. The molecular formula is C14H26N2O3S. The fourth-order valence-corrected chi connectivity index (χ4v) is 3.36. The molecule has 1 N–H and O–H groups in total. The number of rotatable bonds is 5. The summed E-state index contributed by atoms with van der Waals surface area (Å²) in [5.41, 5.74) is -0.792. The van der Waals surface area contributed by atoms with Crippen LogP contribution in [0.4, 0.5) is 4.79 Å². The van der Waals surface area contributed by atoms with Gasteiger partial charge in [-0.25, -0.2) is 4.79 Å². The van der Waals surface area contributed by atoms with Gasteiger partial charge in [-0.05, 0) is 25.5 Å². The molecule has 0 spiro atoms. The minimum absolute atomic E-state index is 0.0201. The molecule has 0 aliphatic carbocycles. The Bertz CT molecular complexity index is 375. The van der Waals surface area contributed by atoms with E-state index >= 15 is 0 Å². The van der Waals surface area contributed by atoms with Crippen LogP contribution in [0, 0.1) is 11.3 Å². The molecule has 0 aromatic heterocycles. The summed E-state index contributed by atoms with van der Waals surface area (Å²) in [6, 6.07) is 0.0895. The molecule has 2 atom stereocenters. The Morgan fingerprint density at radius 1 is 1.40 bits per heavy atom. The molecule has 20 heavy (non-hydrogen) atoms. The normalized spacial score (nSPS) is 24.0. The van der Waals surface area contributed by atoms with Crippen LogP contribution in [0.5, 0.6) is 0 Å². The minimum atomic E-state index is -0.792. The predicted molar refractivity (Wildman–Crippen MR) is 82.1 cm³/mol. The molecule has 2 amide bonds. The van der Waals surface area contributed by atoms with Gasteiger partial charge in [0, 0.05) is 31.9 Å². The quantitative estimate of drug-likeness (QED) is 0.846. The highest BCUT2D eigenvalue weighted by Crippen LogP contribution is 2.38. The van der Waals surface area contributed by atoms with Crippen LogP contribution in [0.25, 0.3) is 0 Å². The van der Waals surface area contributed by atoms with E-state index in [1.165, 1.54) is 0 Å². The van der Waals surface area contributed by atoms with Crippen LogP contribution < -0.4 is 0 Å². The summed E-state index contributed by atoms with van der Waals surface area (Å²) >= 11 is 1.70. The summed E-state index contributed by atoms with van der Waals surface area (Å²) in [7, 11) is 1.79. The van der Waals surface area contributed by atoms with Crippen molar-refractivity contribution in [3.63, 3.8) is 0 Å². The average Bonchev–Trinajstić information content (AvgIpc) is 2.83. The van der Waals surface area contributed by atoms with Crippen LogP contribution in [0.1, 0.15) is 27.2 Å². The fraction of sp³-hybridized carbons (Fsp3) is 0.857. The van der Waals surface area contributed by atoms with Gasteiger partial charge < -0.3 is 14.9 Å². The third kappa shape index (κ3) is 3.22. The molecule has 1 rings (SSSR count). The second kappa shape index (κ2) is 6.70. The van der Waals surface area contributed by atoms with Gasteiger partial charge in [-0.3, -0.25) is 4.79 Å². The van der Waals surface area contributed by atoms with Crippen molar-refractivity contribution < 1.29 is 14.7 Å². The van der Waals surface area contributed by atoms with Gasteiger partial charge in [0.25, 0.3) is 0 Å². The number of carbonyl (C=O) groups excluding carboxylic acids is 1. The van der Waals surface area contributed by atoms with Crippen molar-refractivity contribution in [1.82, 2.24) is 9.80 Å². The smallest absolute Gasteiger partial charge is 0.320 e. The van der Waals surface area contributed by atoms with Gasteiger partial charge in [0.05, 0.1) is 5.41 Å². The lowest BCUT2D eigenvalue weighted by Crippen LogP contribution is -2.47. The Labute approximate surface area is 125 Å². The molecule has 116 valence electrons. The summed E-state index contributed by atoms with van der Waals surface area (Å²) in [6.45, 7) is 6.69. The largest absolute Gasteiger partial charge is 0.481 e. The van der Waals surface area contributed by atoms with Gasteiger partial charge in [0.1, 0.15) is 0 Å². The number of nitrogens with zero attached hydrogens (tertiary/aromatic N) is 2. The van der Waals surface area contributed by atoms with E-state index in [1.807, 2.05) is 27.0 Å². The zero-order chi connectivity index (χ0) is 15.5. The molecular weight excluding hydrogens is 276 g/mol. The van der Waals surface area contributed by atoms with Gasteiger partial charge in [0.15, 0.2) is 0 Å². The van der Waals surface area contributed by atoms with Gasteiger partial charge >= 0.3 is 12.0 Å². The van der Waals surface area contributed by atoms with Crippen LogP contribution in [0.3, 0.4) is 0 Å². The monoisotopic (exact) mass is 302 g/mol. The first kappa shape index (κ1) is 17.1. The Hall–Kier alpha value is -0.910. The first-order valence-electron chi connectivity index (χ1n) is 7.00. The average molecular weight is 302 g/mol. The van der Waals surface area contributed by atoms with Crippen molar-refractivity contribution in [2.24, 2.45) is 11.3 Å². The number of aliphatic carboxylic acids is 1. The molecule has 1 fully saturated rings. The first-order valence-corrected chi connectivity index (χ1v) is 8.39. The van der Waals surface area contributed by atoms with Crippen LogP contribution in [0.15, 0.2) is 0 Å². The second-order valence-electron chi connectivity index (χ2n) is 5.99. The van der Waals surface area contributed by atoms with Gasteiger partial charge in [-0.1, -0.05) is 13.8 Å². The third-order valence-corrected chi connectivity index (χ3v) is 5.29. The molecule has 0 aromatic rings. The minimum Gasteiger partial charge on any atom is -0.481 e. The summed E-state index contributed by atoms with van der Waals surface area (Å²) < 4.78 is 0. The summed E-state index contributed by atoms with van der Waals surface area (Å²) in [5.74, 6) is 0.110. The summed E-state index contributed by atoms with van der Waals surface area (Å²) in [6.07, 6.45) is 2.55. The number of amides is 2. The van der Waals surface area contributed by atoms with Crippen molar-refractivity contribution in [1.29, 1.82) is 0 Å². The summed E-state index contributed by atoms with van der Waals surface area (Å²) in [4.78, 5) is 27.4. The molecule has 6 heteroatoms. The van der Waals surface area contributed by atoms with E-state index in [2.05, 4.69) is 0 Å². The maximum atomic E-state index is 12.4. The number of carboxylic acid groups (broad SMARTS) is 1. The van der Waals surface area contributed by atoms with Crippen LogP contribution in [-0.2, 0) is 4.79 Å². The third-order valence-electron chi connectivity index (χ3n) is 4.47. The molecule has 2 unspecified atom stereocenters. The molecule has 1 heterocycles. The number of likely N-dealkylation sites (tertiary alicyclic amines) is 1. The lowest BCUT2D eigenvalue weighted by atomic mass is 9.76. The van der Waals surface area contributed by atoms with E-state index in [1.54, 1.807) is 28.6 Å². The molecule has 1 aliphatic rings. The number of hydrogen-bond donors (Lipinski definition) is 1. The molecule has 0 aromatic carbocycles. The fourth-order valence-electron chi connectivity index (χ4n) is 2.65. The van der Waals surface area contributed by atoms with Gasteiger partial charge in [-0.2, -0.15) is 11.8 Å². The Morgan fingerprint density at radius 3 is 2.40 bits per heavy atom. The van der Waals surface area contributed by atoms with E-state index in [0.717, 1.165) is 5.75 Å². The molecule has 0 saturated carbocycles. The summed E-state index contributed by atoms with van der Waals surface area (Å²) in [5, 5.41) is 9.51. The molecule has 1 saturated heterocycles. The van der Waals surface area contributed by atoms with E-state index in [4.69, 9.17) is 0 Å². The molecule has 5 nitrogen and oxygen atoms in total. The second-order valence-corrected chi connectivity index (χ2v) is 6.90. The van der Waals surface area contributed by atoms with Crippen molar-refractivity contribution >= 4 is 23.8 Å². The Kier molecular flexibility index (Phi) is 5.74. The molecule has 0 bridgehead atoms. The van der Waals surface area contributed by atoms with Gasteiger partial charge in [-0.15, -0.1) is 0 Å². The predicted octanol–water partition coefficient (Wildman–Crippen LogP) is 2.22. The van der Waals surface area contributed by atoms with Crippen molar-refractivity contribution in [3.05, 3.63) is 0 Å². The van der Waals surface area contributed by atoms with E-state index in [0.29, 0.717) is 19.5 Å². The highest BCUT2D eigenvalue weighted by atomic mass is 32.2. The lowest BCUT2D eigenvalue weighted by Gasteiger charge is -2.32. The standard InChI is InChI=1S/C14H26N2O3S/c1-10(2)14(12(17)18)6-7-16(9-14)13(19)15(4)11(3)8-20-5/h10-11H,6-9H2,1-5H3,(H,17,18). The number of urea groups is 1. The maximum Gasteiger partial charge on any atom is 0.320 e. The Morgan fingerprint density at radius 2 is 2.00 bits per heavy atom. The Balaban J connectivity index is 2.76. The number of hydrogen-bond acceptors (Lipinski definition) is 3. The molecule has 1 aliphatic heterocycles. The highest BCUT2D eigenvalue weighted by Gasteiger charge is 2.49. The topological polar surface area (TPSA) is 60.9 Å². The maximum absolute atomic E-state index is 12.4.